The zero-order valence-corrected chi connectivity index (χ0v) is 13.8. The van der Waals surface area contributed by atoms with E-state index in [1.54, 1.807) is 12.5 Å². The van der Waals surface area contributed by atoms with Crippen molar-refractivity contribution >= 4 is 11.6 Å². The van der Waals surface area contributed by atoms with Crippen LogP contribution < -0.4 is 5.32 Å². The molecule has 3 aromatic rings. The Morgan fingerprint density at radius 1 is 1.20 bits per heavy atom. The van der Waals surface area contributed by atoms with Gasteiger partial charge >= 0.3 is 0 Å². The maximum absolute atomic E-state index is 12.6. The maximum Gasteiger partial charge on any atom is 0.227 e. The van der Waals surface area contributed by atoms with E-state index < -0.39 is 0 Å². The average Bonchev–Trinajstić information content (AvgIpc) is 3.17. The summed E-state index contributed by atoms with van der Waals surface area (Å²) in [6, 6.07) is 15.9. The highest BCUT2D eigenvalue weighted by molar-refractivity contribution is 5.93. The third-order valence-electron chi connectivity index (χ3n) is 4.42. The molecule has 0 spiro atoms. The van der Waals surface area contributed by atoms with Crippen LogP contribution in [0, 0.1) is 0 Å². The van der Waals surface area contributed by atoms with Crippen molar-refractivity contribution in [3.63, 3.8) is 0 Å². The molecular formula is C20H19N3O2. The lowest BCUT2D eigenvalue weighted by molar-refractivity contribution is -0.119. The second kappa shape index (κ2) is 6.91. The number of nitrogens with one attached hydrogen (secondary N) is 1. The molecule has 1 aliphatic heterocycles. The number of rotatable bonds is 4. The molecule has 0 aliphatic carbocycles. The van der Waals surface area contributed by atoms with Crippen molar-refractivity contribution in [1.82, 2.24) is 9.55 Å². The Hall–Kier alpha value is -2.92. The Bertz CT molecular complexity index is 874. The number of hydrogen-bond donors (Lipinski definition) is 1. The van der Waals surface area contributed by atoms with Crippen LogP contribution in [0.1, 0.15) is 23.7 Å². The summed E-state index contributed by atoms with van der Waals surface area (Å²) >= 11 is 0. The molecule has 5 heteroatoms. The Morgan fingerprint density at radius 3 is 2.92 bits per heavy atom. The maximum atomic E-state index is 12.6. The van der Waals surface area contributed by atoms with Gasteiger partial charge in [-0.2, -0.15) is 0 Å². The van der Waals surface area contributed by atoms with E-state index in [0.29, 0.717) is 13.0 Å². The Kier molecular flexibility index (Phi) is 4.31. The lowest BCUT2D eigenvalue weighted by atomic mass is 9.95. The number of ether oxygens (including phenoxy) is 1. The van der Waals surface area contributed by atoms with Crippen molar-refractivity contribution in [2.75, 3.05) is 11.9 Å². The second-order valence-corrected chi connectivity index (χ2v) is 6.05. The first kappa shape index (κ1) is 15.6. The Morgan fingerprint density at radius 2 is 2.04 bits per heavy atom. The van der Waals surface area contributed by atoms with E-state index in [0.717, 1.165) is 23.4 Å². The van der Waals surface area contributed by atoms with E-state index in [9.17, 15) is 4.79 Å². The molecule has 1 aromatic heterocycles. The fourth-order valence-electron chi connectivity index (χ4n) is 3.22. The lowest BCUT2D eigenvalue weighted by Gasteiger charge is -2.25. The molecule has 2 aromatic carbocycles. The van der Waals surface area contributed by atoms with Gasteiger partial charge in [0.25, 0.3) is 0 Å². The Balaban J connectivity index is 1.51. The van der Waals surface area contributed by atoms with Gasteiger partial charge in [0.1, 0.15) is 0 Å². The minimum absolute atomic E-state index is 0.0609. The molecule has 5 nitrogen and oxygen atoms in total. The molecular weight excluding hydrogens is 314 g/mol. The van der Waals surface area contributed by atoms with Gasteiger partial charge in [0.15, 0.2) is 0 Å². The second-order valence-electron chi connectivity index (χ2n) is 6.05. The molecule has 1 amide bonds. The summed E-state index contributed by atoms with van der Waals surface area (Å²) in [6.07, 6.45) is 6.29. The number of carbonyl (C=O) groups excluding carboxylic acids is 1. The van der Waals surface area contributed by atoms with Crippen molar-refractivity contribution in [2.45, 2.75) is 18.9 Å². The van der Waals surface area contributed by atoms with E-state index in [-0.39, 0.29) is 12.0 Å². The number of para-hydroxylation sites is 2. The van der Waals surface area contributed by atoms with Crippen molar-refractivity contribution in [1.29, 1.82) is 0 Å². The minimum atomic E-state index is -0.189. The van der Waals surface area contributed by atoms with E-state index >= 15 is 0 Å². The van der Waals surface area contributed by atoms with Gasteiger partial charge in [0.05, 0.1) is 36.8 Å². The number of amides is 1. The number of fused-ring (bicyclic) bond motifs is 1. The highest BCUT2D eigenvalue weighted by Gasteiger charge is 2.23. The molecule has 1 atom stereocenters. The van der Waals surface area contributed by atoms with Gasteiger partial charge in [-0.1, -0.05) is 36.4 Å². The number of carbonyl (C=O) groups is 1. The van der Waals surface area contributed by atoms with Crippen LogP contribution in [0.25, 0.3) is 5.69 Å². The number of hydrogen-bond acceptors (Lipinski definition) is 3. The van der Waals surface area contributed by atoms with Crippen molar-refractivity contribution < 1.29 is 9.53 Å². The van der Waals surface area contributed by atoms with E-state index in [2.05, 4.69) is 16.4 Å². The van der Waals surface area contributed by atoms with Gasteiger partial charge in [-0.15, -0.1) is 0 Å². The number of aromatic nitrogens is 2. The van der Waals surface area contributed by atoms with Gasteiger partial charge in [-0.05, 0) is 29.7 Å². The number of anilines is 1. The first-order valence-electron chi connectivity index (χ1n) is 8.38. The van der Waals surface area contributed by atoms with E-state index in [4.69, 9.17) is 4.74 Å². The summed E-state index contributed by atoms with van der Waals surface area (Å²) in [7, 11) is 0. The molecule has 4 rings (SSSR count). The fraction of sp³-hybridized carbons (Fsp3) is 0.200. The van der Waals surface area contributed by atoms with E-state index in [1.807, 2.05) is 53.2 Å². The van der Waals surface area contributed by atoms with Crippen LogP contribution in [0.2, 0.25) is 0 Å². The fourth-order valence-corrected chi connectivity index (χ4v) is 3.22. The third-order valence-corrected chi connectivity index (χ3v) is 4.42. The molecule has 2 heterocycles. The molecule has 0 bridgehead atoms. The third kappa shape index (κ3) is 3.32. The highest BCUT2D eigenvalue weighted by Crippen LogP contribution is 2.30. The standard InChI is InChI=1S/C20H19N3O2/c24-20(13-19-16-6-2-1-5-15(16)9-12-25-19)22-17-7-3-4-8-18(17)23-11-10-21-14-23/h1-8,10-11,14,19H,9,12-13H2,(H,22,24)/t19-/m1/s1. The van der Waals surface area contributed by atoms with Crippen LogP contribution in [0.15, 0.2) is 67.3 Å². The molecule has 1 aliphatic rings. The molecule has 0 radical (unpaired) electrons. The van der Waals surface area contributed by atoms with Crippen molar-refractivity contribution in [2.24, 2.45) is 0 Å². The van der Waals surface area contributed by atoms with Crippen molar-refractivity contribution in [3.8, 4) is 5.69 Å². The number of benzene rings is 2. The predicted molar refractivity (Wildman–Crippen MR) is 95.6 cm³/mol. The van der Waals surface area contributed by atoms with Crippen LogP contribution in [-0.4, -0.2) is 22.1 Å². The highest BCUT2D eigenvalue weighted by atomic mass is 16.5. The van der Waals surface area contributed by atoms with Crippen LogP contribution in [-0.2, 0) is 16.0 Å². The molecule has 0 fully saturated rings. The molecule has 0 unspecified atom stereocenters. The first-order valence-corrected chi connectivity index (χ1v) is 8.38. The van der Waals surface area contributed by atoms with Crippen LogP contribution >= 0.6 is 0 Å². The normalized spacial score (nSPS) is 16.2. The topological polar surface area (TPSA) is 56.1 Å². The van der Waals surface area contributed by atoms with Crippen LogP contribution in [0.5, 0.6) is 0 Å². The van der Waals surface area contributed by atoms with Gasteiger partial charge in [-0.25, -0.2) is 4.98 Å². The smallest absolute Gasteiger partial charge is 0.227 e. The van der Waals surface area contributed by atoms with E-state index in [1.165, 1.54) is 5.56 Å². The van der Waals surface area contributed by atoms with Crippen molar-refractivity contribution in [3.05, 3.63) is 78.4 Å². The van der Waals surface area contributed by atoms with Gasteiger partial charge in [-0.3, -0.25) is 4.79 Å². The summed E-state index contributed by atoms with van der Waals surface area (Å²) in [4.78, 5) is 16.7. The summed E-state index contributed by atoms with van der Waals surface area (Å²) in [5.41, 5.74) is 4.03. The zero-order valence-electron chi connectivity index (χ0n) is 13.8. The zero-order chi connectivity index (χ0) is 17.1. The quantitative estimate of drug-likeness (QED) is 0.795. The SMILES string of the molecule is O=C(C[C@H]1OCCc2ccccc21)Nc1ccccc1-n1ccnc1. The van der Waals surface area contributed by atoms with Gasteiger partial charge < -0.3 is 14.6 Å². The molecule has 1 N–H and O–H groups in total. The van der Waals surface area contributed by atoms with Gasteiger partial charge in [0.2, 0.25) is 5.91 Å². The van der Waals surface area contributed by atoms with Crippen LogP contribution in [0.4, 0.5) is 5.69 Å². The number of imidazole rings is 1. The predicted octanol–water partition coefficient (Wildman–Crippen LogP) is 3.51. The number of nitrogens with zero attached hydrogens (tertiary/aromatic N) is 2. The molecule has 0 saturated heterocycles. The summed E-state index contributed by atoms with van der Waals surface area (Å²) in [6.45, 7) is 0.653. The van der Waals surface area contributed by atoms with Gasteiger partial charge in [0, 0.05) is 12.4 Å². The summed E-state index contributed by atoms with van der Waals surface area (Å²) in [5, 5.41) is 3.01. The molecule has 126 valence electrons. The summed E-state index contributed by atoms with van der Waals surface area (Å²) in [5.74, 6) is -0.0609. The van der Waals surface area contributed by atoms with Crippen LogP contribution in [0.3, 0.4) is 0 Å². The first-order chi connectivity index (χ1) is 12.3. The Labute approximate surface area is 146 Å². The average molecular weight is 333 g/mol. The molecule has 0 saturated carbocycles. The summed E-state index contributed by atoms with van der Waals surface area (Å²) < 4.78 is 7.72. The minimum Gasteiger partial charge on any atom is -0.373 e. The molecule has 25 heavy (non-hydrogen) atoms. The lowest BCUT2D eigenvalue weighted by Crippen LogP contribution is -2.22. The monoisotopic (exact) mass is 333 g/mol. The largest absolute Gasteiger partial charge is 0.373 e.